The van der Waals surface area contributed by atoms with Gasteiger partial charge in [-0.15, -0.1) is 0 Å². The van der Waals surface area contributed by atoms with Crippen LogP contribution in [0.2, 0.25) is 0 Å². The number of carbonyl (C=O) groups is 2. The van der Waals surface area contributed by atoms with Crippen LogP contribution in [0.5, 0.6) is 0 Å². The third-order valence-corrected chi connectivity index (χ3v) is 3.81. The van der Waals surface area contributed by atoms with Gasteiger partial charge in [0.2, 0.25) is 11.8 Å². The summed E-state index contributed by atoms with van der Waals surface area (Å²) in [5.41, 5.74) is -0.0317. The summed E-state index contributed by atoms with van der Waals surface area (Å²) < 4.78 is 38.7. The molecule has 1 atom stereocenters. The molecule has 0 fully saturated rings. The van der Waals surface area contributed by atoms with Crippen LogP contribution in [-0.2, 0) is 15.8 Å². The van der Waals surface area contributed by atoms with Crippen LogP contribution in [0.15, 0.2) is 54.7 Å². The molecule has 3 N–H and O–H groups in total. The number of hydrogen-bond donors (Lipinski definition) is 3. The van der Waals surface area contributed by atoms with Gasteiger partial charge >= 0.3 is 6.18 Å². The number of alkyl halides is 3. The molecule has 154 valence electrons. The Hall–Kier alpha value is -3.36. The molecule has 0 aliphatic carbocycles. The summed E-state index contributed by atoms with van der Waals surface area (Å²) in [5.74, 6) is -1.19. The van der Waals surface area contributed by atoms with Gasteiger partial charge in [0.1, 0.15) is 11.9 Å². The number of anilines is 1. The number of pyridine rings is 1. The zero-order valence-corrected chi connectivity index (χ0v) is 15.7. The number of nitrogens with zero attached hydrogens (tertiary/aromatic N) is 1. The minimum absolute atomic E-state index is 0.0421. The van der Waals surface area contributed by atoms with E-state index in [0.717, 1.165) is 11.6 Å². The number of amides is 2. The average Bonchev–Trinajstić information content (AvgIpc) is 2.69. The molecule has 0 radical (unpaired) electrons. The highest BCUT2D eigenvalue weighted by atomic mass is 19.4. The van der Waals surface area contributed by atoms with E-state index in [-0.39, 0.29) is 18.9 Å². The van der Waals surface area contributed by atoms with E-state index in [1.807, 2.05) is 30.3 Å². The maximum absolute atomic E-state index is 12.9. The molecule has 1 aromatic carbocycles. The summed E-state index contributed by atoms with van der Waals surface area (Å²) in [5, 5.41) is 7.61. The minimum Gasteiger partial charge on any atom is -0.368 e. The number of aromatic nitrogens is 1. The van der Waals surface area contributed by atoms with Crippen molar-refractivity contribution >= 4 is 23.7 Å². The predicted octanol–water partition coefficient (Wildman–Crippen LogP) is 2.85. The van der Waals surface area contributed by atoms with Gasteiger partial charge in [0.25, 0.3) is 0 Å². The molecular formula is C20H21F3N4O2. The molecule has 1 heterocycles. The van der Waals surface area contributed by atoms with E-state index in [0.29, 0.717) is 0 Å². The van der Waals surface area contributed by atoms with E-state index in [4.69, 9.17) is 0 Å². The fraction of sp³-hybridized carbons (Fsp3) is 0.250. The van der Waals surface area contributed by atoms with E-state index < -0.39 is 29.6 Å². The van der Waals surface area contributed by atoms with E-state index in [2.05, 4.69) is 20.9 Å². The first-order chi connectivity index (χ1) is 13.8. The Balaban J connectivity index is 1.75. The van der Waals surface area contributed by atoms with Gasteiger partial charge in [-0.1, -0.05) is 30.3 Å². The lowest BCUT2D eigenvalue weighted by Gasteiger charge is -2.15. The van der Waals surface area contributed by atoms with Crippen LogP contribution < -0.4 is 16.0 Å². The molecule has 0 aliphatic heterocycles. The van der Waals surface area contributed by atoms with Crippen LogP contribution in [0.1, 0.15) is 18.1 Å². The Labute approximate surface area is 166 Å². The van der Waals surface area contributed by atoms with E-state index in [9.17, 15) is 22.8 Å². The summed E-state index contributed by atoms with van der Waals surface area (Å²) in [4.78, 5) is 27.6. The van der Waals surface area contributed by atoms with Gasteiger partial charge in [-0.2, -0.15) is 13.2 Å². The fourth-order valence-electron chi connectivity index (χ4n) is 2.36. The molecule has 29 heavy (non-hydrogen) atoms. The van der Waals surface area contributed by atoms with Crippen molar-refractivity contribution in [2.24, 2.45) is 0 Å². The van der Waals surface area contributed by atoms with Crippen molar-refractivity contribution in [3.8, 4) is 0 Å². The van der Waals surface area contributed by atoms with Crippen molar-refractivity contribution in [2.45, 2.75) is 19.1 Å². The van der Waals surface area contributed by atoms with E-state index in [1.165, 1.54) is 25.3 Å². The SMILES string of the molecule is CC(NC(=O)/C=C/c1ccccc1)C(=O)NCCNc1ncccc1C(F)(F)F. The van der Waals surface area contributed by atoms with Crippen LogP contribution >= 0.6 is 0 Å². The van der Waals surface area contributed by atoms with Crippen LogP contribution in [0, 0.1) is 0 Å². The Bertz CT molecular complexity index is 854. The zero-order valence-electron chi connectivity index (χ0n) is 15.7. The van der Waals surface area contributed by atoms with Crippen molar-refractivity contribution < 1.29 is 22.8 Å². The molecule has 0 aliphatic rings. The molecule has 1 unspecified atom stereocenters. The summed E-state index contributed by atoms with van der Waals surface area (Å²) in [6, 6.07) is 10.5. The molecule has 0 saturated carbocycles. The first-order valence-corrected chi connectivity index (χ1v) is 8.85. The van der Waals surface area contributed by atoms with Gasteiger partial charge in [-0.25, -0.2) is 4.98 Å². The Kier molecular flexibility index (Phi) is 7.76. The number of rotatable bonds is 8. The molecule has 0 bridgehead atoms. The second kappa shape index (κ2) is 10.3. The third-order valence-electron chi connectivity index (χ3n) is 3.81. The lowest BCUT2D eigenvalue weighted by atomic mass is 10.2. The second-order valence-electron chi connectivity index (χ2n) is 6.09. The molecule has 6 nitrogen and oxygen atoms in total. The highest BCUT2D eigenvalue weighted by Crippen LogP contribution is 2.33. The minimum atomic E-state index is -4.52. The van der Waals surface area contributed by atoms with E-state index >= 15 is 0 Å². The monoisotopic (exact) mass is 406 g/mol. The van der Waals surface area contributed by atoms with Crippen molar-refractivity contribution in [1.29, 1.82) is 0 Å². The topological polar surface area (TPSA) is 83.1 Å². The molecule has 0 spiro atoms. The number of hydrogen-bond acceptors (Lipinski definition) is 4. The molecular weight excluding hydrogens is 385 g/mol. The van der Waals surface area contributed by atoms with Crippen molar-refractivity contribution in [3.05, 3.63) is 65.9 Å². The summed E-state index contributed by atoms with van der Waals surface area (Å²) in [6.07, 6.45) is -0.335. The zero-order chi connectivity index (χ0) is 21.3. The van der Waals surface area contributed by atoms with Crippen LogP contribution in [0.25, 0.3) is 6.08 Å². The van der Waals surface area contributed by atoms with Gasteiger partial charge in [-0.3, -0.25) is 9.59 Å². The number of benzene rings is 1. The van der Waals surface area contributed by atoms with Crippen molar-refractivity contribution in [1.82, 2.24) is 15.6 Å². The highest BCUT2D eigenvalue weighted by molar-refractivity contribution is 5.95. The standard InChI is InChI=1S/C20H21F3N4O2/c1-14(27-17(28)10-9-15-6-3-2-4-7-15)19(29)26-13-12-25-18-16(20(21,22)23)8-5-11-24-18/h2-11,14H,12-13H2,1H3,(H,24,25)(H,26,29)(H,27,28)/b10-9+. The largest absolute Gasteiger partial charge is 0.419 e. The average molecular weight is 406 g/mol. The molecule has 2 rings (SSSR count). The summed E-state index contributed by atoms with van der Waals surface area (Å²) in [7, 11) is 0. The Morgan fingerprint density at radius 3 is 2.52 bits per heavy atom. The molecule has 1 aromatic heterocycles. The lowest BCUT2D eigenvalue weighted by molar-refractivity contribution is -0.137. The number of halogens is 3. The van der Waals surface area contributed by atoms with Crippen molar-refractivity contribution in [3.63, 3.8) is 0 Å². The van der Waals surface area contributed by atoms with Gasteiger partial charge in [0, 0.05) is 25.4 Å². The summed E-state index contributed by atoms with van der Waals surface area (Å²) >= 11 is 0. The maximum Gasteiger partial charge on any atom is 0.419 e. The van der Waals surface area contributed by atoms with Crippen LogP contribution in [-0.4, -0.2) is 35.9 Å². The number of carbonyl (C=O) groups excluding carboxylic acids is 2. The fourth-order valence-corrected chi connectivity index (χ4v) is 2.36. The lowest BCUT2D eigenvalue weighted by Crippen LogP contribution is -2.45. The predicted molar refractivity (Wildman–Crippen MR) is 104 cm³/mol. The molecule has 2 aromatic rings. The second-order valence-corrected chi connectivity index (χ2v) is 6.09. The van der Waals surface area contributed by atoms with Gasteiger partial charge in [0.15, 0.2) is 0 Å². The Morgan fingerprint density at radius 2 is 1.83 bits per heavy atom. The molecule has 0 saturated heterocycles. The first-order valence-electron chi connectivity index (χ1n) is 8.85. The first kappa shape index (κ1) is 21.9. The smallest absolute Gasteiger partial charge is 0.368 e. The van der Waals surface area contributed by atoms with Gasteiger partial charge < -0.3 is 16.0 Å². The Morgan fingerprint density at radius 1 is 1.10 bits per heavy atom. The normalized spacial score (nSPS) is 12.4. The van der Waals surface area contributed by atoms with Gasteiger partial charge in [-0.05, 0) is 30.7 Å². The van der Waals surface area contributed by atoms with Crippen molar-refractivity contribution in [2.75, 3.05) is 18.4 Å². The van der Waals surface area contributed by atoms with Gasteiger partial charge in [0.05, 0.1) is 5.56 Å². The van der Waals surface area contributed by atoms with Crippen LogP contribution in [0.3, 0.4) is 0 Å². The third kappa shape index (κ3) is 7.28. The van der Waals surface area contributed by atoms with E-state index in [1.54, 1.807) is 6.08 Å². The quantitative estimate of drug-likeness (QED) is 0.465. The maximum atomic E-state index is 12.9. The molecule has 9 heteroatoms. The highest BCUT2D eigenvalue weighted by Gasteiger charge is 2.33. The summed E-state index contributed by atoms with van der Waals surface area (Å²) in [6.45, 7) is 1.62. The molecule has 2 amide bonds. The van der Waals surface area contributed by atoms with Crippen LogP contribution in [0.4, 0.5) is 19.0 Å². The number of nitrogens with one attached hydrogen (secondary N) is 3.